The molecule has 16 aromatic rings. The summed E-state index contributed by atoms with van der Waals surface area (Å²) in [4.78, 5) is 5.02. The molecule has 0 saturated heterocycles. The third-order valence-electron chi connectivity index (χ3n) is 16.9. The second-order valence-corrected chi connectivity index (χ2v) is 21.8. The van der Waals surface area contributed by atoms with Crippen molar-refractivity contribution in [1.29, 1.82) is 0 Å². The van der Waals surface area contributed by atoms with Crippen LogP contribution in [0.15, 0.2) is 291 Å². The van der Waals surface area contributed by atoms with Crippen LogP contribution in [0.2, 0.25) is 0 Å². The molecule has 0 spiro atoms. The van der Waals surface area contributed by atoms with E-state index in [0.29, 0.717) is 0 Å². The molecule has 2 aromatic heterocycles. The molecule has 16 rings (SSSR count). The molecule has 0 fully saturated rings. The van der Waals surface area contributed by atoms with E-state index in [1.165, 1.54) is 109 Å². The predicted octanol–water partition coefficient (Wildman–Crippen LogP) is 21.7. The van der Waals surface area contributed by atoms with Crippen LogP contribution in [0.5, 0.6) is 0 Å². The second-order valence-electron chi connectivity index (χ2n) is 21.8. The molecule has 2 heterocycles. The van der Waals surface area contributed by atoms with E-state index >= 15 is 0 Å². The number of aromatic nitrogens is 2. The van der Waals surface area contributed by atoms with E-state index in [2.05, 4.69) is 324 Å². The molecular weight excluding hydrogens is 993 g/mol. The van der Waals surface area contributed by atoms with Crippen LogP contribution < -0.4 is 9.80 Å². The van der Waals surface area contributed by atoms with Crippen molar-refractivity contribution in [3.05, 3.63) is 302 Å². The number of hydrogen-bond acceptors (Lipinski definition) is 2. The summed E-state index contributed by atoms with van der Waals surface area (Å²) < 4.78 is 4.80. The lowest BCUT2D eigenvalue weighted by Gasteiger charge is -2.31. The van der Waals surface area contributed by atoms with Gasteiger partial charge in [0.2, 0.25) is 0 Å². The zero-order valence-corrected chi connectivity index (χ0v) is 45.5. The number of aryl methyl sites for hydroxylation is 2. The lowest BCUT2D eigenvalue weighted by atomic mass is 9.85. The Kier molecular flexibility index (Phi) is 11.0. The molecule has 0 amide bonds. The highest BCUT2D eigenvalue weighted by Gasteiger charge is 2.27. The highest BCUT2D eigenvalue weighted by atomic mass is 15.2. The number of rotatable bonds is 10. The molecule has 0 N–H and O–H groups in total. The third kappa shape index (κ3) is 7.53. The first-order valence-corrected chi connectivity index (χ1v) is 28.3. The average molecular weight is 1050 g/mol. The number of anilines is 6. The molecule has 0 aliphatic heterocycles. The molecule has 0 unspecified atom stereocenters. The maximum Gasteiger partial charge on any atom is 0.0546 e. The van der Waals surface area contributed by atoms with Gasteiger partial charge in [-0.25, -0.2) is 0 Å². The van der Waals surface area contributed by atoms with Gasteiger partial charge in [-0.15, -0.1) is 0 Å². The van der Waals surface area contributed by atoms with Crippen LogP contribution in [-0.4, -0.2) is 9.13 Å². The number of para-hydroxylation sites is 4. The summed E-state index contributed by atoms with van der Waals surface area (Å²) in [6.45, 7) is 4.40. The zero-order valence-electron chi connectivity index (χ0n) is 45.5. The molecule has 4 nitrogen and oxygen atoms in total. The fraction of sp³-hybridized carbons (Fsp3) is 0.0256. The van der Waals surface area contributed by atoms with Crippen molar-refractivity contribution in [2.24, 2.45) is 0 Å². The van der Waals surface area contributed by atoms with Crippen molar-refractivity contribution in [3.63, 3.8) is 0 Å². The summed E-state index contributed by atoms with van der Waals surface area (Å²) in [5.41, 5.74) is 20.7. The molecule has 0 radical (unpaired) electrons. The van der Waals surface area contributed by atoms with Crippen molar-refractivity contribution in [1.82, 2.24) is 9.13 Å². The first-order chi connectivity index (χ1) is 40.5. The van der Waals surface area contributed by atoms with Gasteiger partial charge in [-0.1, -0.05) is 182 Å². The Morgan fingerprint density at radius 1 is 0.244 bits per heavy atom. The minimum Gasteiger partial charge on any atom is -0.310 e. The summed E-state index contributed by atoms with van der Waals surface area (Å²) in [5, 5.41) is 12.1. The van der Waals surface area contributed by atoms with Crippen LogP contribution >= 0.6 is 0 Å². The number of benzene rings is 14. The zero-order chi connectivity index (χ0) is 54.4. The Balaban J connectivity index is 1.01. The minimum atomic E-state index is 1.09. The van der Waals surface area contributed by atoms with E-state index in [9.17, 15) is 0 Å². The largest absolute Gasteiger partial charge is 0.310 e. The van der Waals surface area contributed by atoms with Crippen LogP contribution in [-0.2, 0) is 0 Å². The Labute approximate surface area is 476 Å². The molecule has 4 heteroatoms. The van der Waals surface area contributed by atoms with E-state index in [1.54, 1.807) is 0 Å². The summed E-state index contributed by atoms with van der Waals surface area (Å²) in [7, 11) is 0. The van der Waals surface area contributed by atoms with Gasteiger partial charge >= 0.3 is 0 Å². The lowest BCUT2D eigenvalue weighted by molar-refractivity contribution is 1.18. The third-order valence-corrected chi connectivity index (χ3v) is 16.9. The van der Waals surface area contributed by atoms with Crippen molar-refractivity contribution in [3.8, 4) is 33.6 Å². The minimum absolute atomic E-state index is 1.09. The maximum atomic E-state index is 2.51. The topological polar surface area (TPSA) is 16.3 Å². The lowest BCUT2D eigenvalue weighted by Crippen LogP contribution is -2.12. The van der Waals surface area contributed by atoms with Crippen LogP contribution in [0.1, 0.15) is 11.1 Å². The van der Waals surface area contributed by atoms with E-state index in [-0.39, 0.29) is 0 Å². The first kappa shape index (κ1) is 47.3. The van der Waals surface area contributed by atoms with Gasteiger partial charge in [-0.05, 0) is 167 Å². The SMILES string of the molecule is Cc1cccc(N(c2ccc3c(c2)c2ccccc2n3-c2ccccc2)c2cc(-c3ccccc3)c3ccc4c(N(c5cccc(C)c5)c5ccc6c(c5)c5ccccc5n6-c5ccccc5)cc(-c5ccccc5)c5ccc2c3c54)c1. The van der Waals surface area contributed by atoms with Crippen LogP contribution in [0, 0.1) is 13.8 Å². The van der Waals surface area contributed by atoms with Crippen LogP contribution in [0.3, 0.4) is 0 Å². The summed E-state index contributed by atoms with van der Waals surface area (Å²) in [5.74, 6) is 0. The molecule has 0 atom stereocenters. The fourth-order valence-corrected chi connectivity index (χ4v) is 13.3. The van der Waals surface area contributed by atoms with Gasteiger partial charge in [-0.2, -0.15) is 0 Å². The van der Waals surface area contributed by atoms with E-state index in [1.807, 2.05) is 0 Å². The van der Waals surface area contributed by atoms with Crippen LogP contribution in [0.25, 0.3) is 110 Å². The highest BCUT2D eigenvalue weighted by Crippen LogP contribution is 2.53. The number of nitrogens with zero attached hydrogens (tertiary/aromatic N) is 4. The smallest absolute Gasteiger partial charge is 0.0546 e. The average Bonchev–Trinajstić information content (AvgIpc) is 3.04. The normalized spacial score (nSPS) is 11.8. The molecule has 0 aliphatic rings. The van der Waals surface area contributed by atoms with Crippen molar-refractivity contribution >= 4 is 110 Å². The Morgan fingerprint density at radius 2 is 0.598 bits per heavy atom. The summed E-state index contributed by atoms with van der Waals surface area (Å²) in [6.07, 6.45) is 0. The standard InChI is InChI=1S/C78H54N4/c1-51-21-19-31-57(45-51)79(59-37-43-73-69(47-59)61-33-15-17-35-71(61)81(73)55-27-11-5-12-28-55)75-49-67(53-23-7-3-8-24-53)63-40-42-66-76(50-68(54-25-9-4-10-26-54)64-39-41-65(75)77(63)78(64)66)80(58-32-20-22-52(2)46-58)60-38-44-74-70(48-60)62-34-16-18-36-72(62)82(74)56-29-13-6-14-30-56/h3-50H,1-2H3. The van der Waals surface area contributed by atoms with Gasteiger partial charge in [-0.3, -0.25) is 0 Å². The van der Waals surface area contributed by atoms with Gasteiger partial charge in [0.1, 0.15) is 0 Å². The van der Waals surface area contributed by atoms with Crippen molar-refractivity contribution in [2.45, 2.75) is 13.8 Å². The van der Waals surface area contributed by atoms with Gasteiger partial charge in [0.25, 0.3) is 0 Å². The number of fused-ring (bicyclic) bond motifs is 6. The van der Waals surface area contributed by atoms with E-state index < -0.39 is 0 Å². The van der Waals surface area contributed by atoms with Gasteiger partial charge in [0.05, 0.1) is 33.4 Å². The first-order valence-electron chi connectivity index (χ1n) is 28.3. The van der Waals surface area contributed by atoms with E-state index in [0.717, 1.165) is 45.5 Å². The fourth-order valence-electron chi connectivity index (χ4n) is 13.3. The summed E-state index contributed by atoms with van der Waals surface area (Å²) >= 11 is 0. The number of hydrogen-bond donors (Lipinski definition) is 0. The van der Waals surface area contributed by atoms with Crippen molar-refractivity contribution in [2.75, 3.05) is 9.80 Å². The monoisotopic (exact) mass is 1050 g/mol. The van der Waals surface area contributed by atoms with Gasteiger partial charge in [0, 0.05) is 77.2 Å². The van der Waals surface area contributed by atoms with Crippen molar-refractivity contribution < 1.29 is 0 Å². The van der Waals surface area contributed by atoms with Gasteiger partial charge < -0.3 is 18.9 Å². The Morgan fingerprint density at radius 3 is 1.01 bits per heavy atom. The second kappa shape index (κ2) is 19.0. The molecule has 82 heavy (non-hydrogen) atoms. The molecule has 0 aliphatic carbocycles. The Bertz CT molecular complexity index is 4790. The Hall–Kier alpha value is -10.7. The molecule has 0 bridgehead atoms. The van der Waals surface area contributed by atoms with E-state index in [4.69, 9.17) is 0 Å². The summed E-state index contributed by atoms with van der Waals surface area (Å²) in [6, 6.07) is 108. The van der Waals surface area contributed by atoms with Gasteiger partial charge in [0.15, 0.2) is 0 Å². The maximum absolute atomic E-state index is 2.51. The molecule has 386 valence electrons. The predicted molar refractivity (Wildman–Crippen MR) is 349 cm³/mol. The highest BCUT2D eigenvalue weighted by molar-refractivity contribution is 6.32. The molecule has 14 aromatic carbocycles. The quantitative estimate of drug-likeness (QED) is 0.127. The van der Waals surface area contributed by atoms with Crippen LogP contribution in [0.4, 0.5) is 34.1 Å². The molecular formula is C78H54N4. The molecule has 0 saturated carbocycles.